The first-order valence-corrected chi connectivity index (χ1v) is 24.5. The third kappa shape index (κ3) is 4.76. The van der Waals surface area contributed by atoms with Crippen LogP contribution in [0.5, 0.6) is 0 Å². The van der Waals surface area contributed by atoms with Gasteiger partial charge in [0.2, 0.25) is 0 Å². The minimum Gasteiger partial charge on any atom is -0.376 e. The van der Waals surface area contributed by atoms with Crippen LogP contribution >= 0.6 is 22.7 Å². The van der Waals surface area contributed by atoms with Gasteiger partial charge in [-0.1, -0.05) is 134 Å². The summed E-state index contributed by atoms with van der Waals surface area (Å²) in [5.74, 6) is 0. The largest absolute Gasteiger partial charge is 0.376 e. The zero-order chi connectivity index (χ0) is 43.3. The smallest absolute Gasteiger partial charge is 0.333 e. The van der Waals surface area contributed by atoms with Crippen LogP contribution in [0.4, 0.5) is 11.4 Å². The van der Waals surface area contributed by atoms with E-state index in [4.69, 9.17) is 0 Å². The molecule has 0 unspecified atom stereocenters. The van der Waals surface area contributed by atoms with Gasteiger partial charge in [0, 0.05) is 79.2 Å². The fourth-order valence-electron chi connectivity index (χ4n) is 11.9. The van der Waals surface area contributed by atoms with Crippen LogP contribution in [-0.4, -0.2) is 11.4 Å². The average Bonchev–Trinajstić information content (AvgIpc) is 3.99. The summed E-state index contributed by atoms with van der Waals surface area (Å²) in [5, 5.41) is 8.04. The van der Waals surface area contributed by atoms with E-state index in [2.05, 4.69) is 204 Å². The normalized spacial score (nSPS) is 14.9. The molecule has 0 N–H and O–H groups in total. The highest BCUT2D eigenvalue weighted by atomic mass is 32.1. The molecule has 8 aromatic carbocycles. The lowest BCUT2D eigenvalue weighted by atomic mass is 9.44. The molecule has 64 heavy (non-hydrogen) atoms. The van der Waals surface area contributed by atoms with Crippen LogP contribution in [0.15, 0.2) is 140 Å². The Kier molecular flexibility index (Phi) is 7.07. The van der Waals surface area contributed by atoms with Crippen LogP contribution in [0.1, 0.15) is 77.6 Å². The van der Waals surface area contributed by atoms with E-state index < -0.39 is 0 Å². The Labute approximate surface area is 382 Å². The summed E-state index contributed by atoms with van der Waals surface area (Å²) >= 11 is 3.85. The molecular formula is C59H47BN2S2. The van der Waals surface area contributed by atoms with Crippen molar-refractivity contribution in [2.75, 3.05) is 4.81 Å². The molecule has 0 spiro atoms. The van der Waals surface area contributed by atoms with E-state index in [1.165, 1.54) is 135 Å². The summed E-state index contributed by atoms with van der Waals surface area (Å²) in [6.45, 7) is 18.7. The number of hydrogen-bond acceptors (Lipinski definition) is 3. The molecule has 0 atom stereocenters. The number of benzene rings is 8. The molecule has 308 valence electrons. The van der Waals surface area contributed by atoms with E-state index in [-0.39, 0.29) is 23.1 Å². The Morgan fingerprint density at radius 1 is 0.469 bits per heavy atom. The molecule has 0 bridgehead atoms. The van der Waals surface area contributed by atoms with Gasteiger partial charge in [-0.05, 0) is 121 Å². The molecule has 2 aliphatic heterocycles. The van der Waals surface area contributed by atoms with Crippen LogP contribution in [0, 0.1) is 0 Å². The maximum Gasteiger partial charge on any atom is 0.333 e. The van der Waals surface area contributed by atoms with Crippen molar-refractivity contribution in [3.05, 3.63) is 162 Å². The Hall–Kier alpha value is -6.14. The summed E-state index contributed by atoms with van der Waals surface area (Å²) in [5.41, 5.74) is 20.1. The first-order chi connectivity index (χ1) is 30.7. The SMILES string of the molecule is CC(C)(C)c1ccc(N2B3c4cc5c(cc4-n4c6cc7c(cc6c6ccc(c3c64)-c3cc4sc6ccc(C(C)(C)C)cc6c4cc32)C(C)(C)c2ccccc2-7)sc2ccccc25)cc1. The van der Waals surface area contributed by atoms with Crippen molar-refractivity contribution < 1.29 is 0 Å². The highest BCUT2D eigenvalue weighted by molar-refractivity contribution is 7.26. The second-order valence-corrected chi connectivity index (χ2v) is 23.5. The van der Waals surface area contributed by atoms with E-state index in [9.17, 15) is 0 Å². The van der Waals surface area contributed by atoms with E-state index in [1.807, 2.05) is 22.7 Å². The summed E-state index contributed by atoms with van der Waals surface area (Å²) in [6, 6.07) is 55.0. The predicted octanol–water partition coefficient (Wildman–Crippen LogP) is 15.7. The molecule has 5 heterocycles. The van der Waals surface area contributed by atoms with Gasteiger partial charge < -0.3 is 9.38 Å². The second kappa shape index (κ2) is 12.1. The van der Waals surface area contributed by atoms with Crippen molar-refractivity contribution in [1.82, 2.24) is 4.57 Å². The minimum atomic E-state index is -0.0924. The Bertz CT molecular complexity index is 3900. The molecule has 3 aromatic heterocycles. The van der Waals surface area contributed by atoms with E-state index >= 15 is 0 Å². The van der Waals surface area contributed by atoms with Crippen LogP contribution in [0.3, 0.4) is 0 Å². The molecule has 1 aliphatic carbocycles. The standard InChI is InChI=1S/C59H47BN2S2/c1-57(2,3)32-17-20-34(21-18-32)62-49-29-44-42-25-33(58(4,5)6)19-24-52(42)64-53(44)30-41(49)37-22-23-38-40-26-46-39(35-13-9-11-15-45(35)59(46,7)8)28-48(40)61-50-31-54-43(36-14-10-12-16-51(36)63-54)27-47(50)60(62)55(37)56(38)61/h9-31H,1-8H3. The van der Waals surface area contributed by atoms with Crippen molar-refractivity contribution >= 4 is 114 Å². The van der Waals surface area contributed by atoms with Gasteiger partial charge in [0.1, 0.15) is 0 Å². The maximum atomic E-state index is 2.72. The molecule has 14 rings (SSSR count). The molecule has 0 fully saturated rings. The Morgan fingerprint density at radius 3 is 1.95 bits per heavy atom. The first kappa shape index (κ1) is 37.3. The van der Waals surface area contributed by atoms with Crippen molar-refractivity contribution in [3.8, 4) is 27.9 Å². The average molecular weight is 859 g/mol. The third-order valence-corrected chi connectivity index (χ3v) is 17.5. The Morgan fingerprint density at radius 2 is 1.16 bits per heavy atom. The van der Waals surface area contributed by atoms with Gasteiger partial charge in [0.25, 0.3) is 0 Å². The van der Waals surface area contributed by atoms with Crippen LogP contribution in [0.25, 0.3) is 90.1 Å². The van der Waals surface area contributed by atoms with Gasteiger partial charge in [-0.15, -0.1) is 22.7 Å². The van der Waals surface area contributed by atoms with Crippen molar-refractivity contribution in [1.29, 1.82) is 0 Å². The maximum absolute atomic E-state index is 2.72. The molecular weight excluding hydrogens is 812 g/mol. The van der Waals surface area contributed by atoms with Crippen molar-refractivity contribution in [3.63, 3.8) is 0 Å². The molecule has 0 saturated heterocycles. The van der Waals surface area contributed by atoms with Crippen molar-refractivity contribution in [2.45, 2.75) is 71.6 Å². The third-order valence-electron chi connectivity index (χ3n) is 15.3. The number of aromatic nitrogens is 1. The van der Waals surface area contributed by atoms with Crippen LogP contribution in [0.2, 0.25) is 0 Å². The molecule has 2 nitrogen and oxygen atoms in total. The second-order valence-electron chi connectivity index (χ2n) is 21.3. The van der Waals surface area contributed by atoms with Crippen LogP contribution in [-0.2, 0) is 16.2 Å². The lowest BCUT2D eigenvalue weighted by molar-refractivity contribution is 0.590. The Balaban J connectivity index is 1.15. The van der Waals surface area contributed by atoms with Gasteiger partial charge in [-0.2, -0.15) is 0 Å². The number of nitrogens with zero attached hydrogens (tertiary/aromatic N) is 2. The molecule has 11 aromatic rings. The molecule has 0 radical (unpaired) electrons. The van der Waals surface area contributed by atoms with Crippen molar-refractivity contribution in [2.24, 2.45) is 0 Å². The molecule has 0 saturated carbocycles. The lowest BCUT2D eigenvalue weighted by Crippen LogP contribution is -2.60. The number of hydrogen-bond donors (Lipinski definition) is 0. The summed E-state index contributed by atoms with van der Waals surface area (Å²) in [6.07, 6.45) is 0. The fraction of sp³-hybridized carbons (Fsp3) is 0.186. The molecule has 0 amide bonds. The quantitative estimate of drug-likeness (QED) is 0.149. The van der Waals surface area contributed by atoms with Crippen LogP contribution < -0.4 is 15.7 Å². The predicted molar refractivity (Wildman–Crippen MR) is 281 cm³/mol. The zero-order valence-corrected chi connectivity index (χ0v) is 39.2. The summed E-state index contributed by atoms with van der Waals surface area (Å²) < 4.78 is 8.03. The first-order valence-electron chi connectivity index (χ1n) is 22.9. The van der Waals surface area contributed by atoms with Gasteiger partial charge in [-0.3, -0.25) is 0 Å². The lowest BCUT2D eigenvalue weighted by Gasteiger charge is -2.42. The minimum absolute atomic E-state index is 0.0446. The van der Waals surface area contributed by atoms with E-state index in [1.54, 1.807) is 0 Å². The zero-order valence-electron chi connectivity index (χ0n) is 37.6. The number of rotatable bonds is 1. The van der Waals surface area contributed by atoms with Gasteiger partial charge in [-0.25, -0.2) is 0 Å². The molecule has 3 aliphatic rings. The highest BCUT2D eigenvalue weighted by Crippen LogP contribution is 2.53. The summed E-state index contributed by atoms with van der Waals surface area (Å²) in [4.78, 5) is 2.72. The topological polar surface area (TPSA) is 8.17 Å². The highest BCUT2D eigenvalue weighted by Gasteiger charge is 2.45. The number of anilines is 2. The summed E-state index contributed by atoms with van der Waals surface area (Å²) in [7, 11) is 0. The molecule has 5 heteroatoms. The fourth-order valence-corrected chi connectivity index (χ4v) is 14.2. The van der Waals surface area contributed by atoms with Gasteiger partial charge in [0.15, 0.2) is 0 Å². The number of thiophene rings is 2. The van der Waals surface area contributed by atoms with Gasteiger partial charge >= 0.3 is 6.85 Å². The van der Waals surface area contributed by atoms with E-state index in [0.29, 0.717) is 0 Å². The van der Waals surface area contributed by atoms with E-state index in [0.717, 1.165) is 0 Å². The monoisotopic (exact) mass is 858 g/mol. The number of fused-ring (bicyclic) bond motifs is 17. The van der Waals surface area contributed by atoms with Gasteiger partial charge in [0.05, 0.1) is 11.0 Å².